The number of H-pyrrole nitrogens is 1. The second-order valence-corrected chi connectivity index (χ2v) is 6.25. The zero-order valence-corrected chi connectivity index (χ0v) is 13.7. The van der Waals surface area contributed by atoms with Gasteiger partial charge in [-0.15, -0.1) is 0 Å². The minimum atomic E-state index is -0.357. The number of aliphatic hydroxyl groups is 1. The van der Waals surface area contributed by atoms with E-state index in [-0.39, 0.29) is 24.0 Å². The van der Waals surface area contributed by atoms with Gasteiger partial charge in [0.1, 0.15) is 0 Å². The number of carbonyl (C=O) groups excluding carboxylic acids is 1. The van der Waals surface area contributed by atoms with E-state index in [1.165, 1.54) is 0 Å². The number of nitrogens with one attached hydrogen (secondary N) is 1. The molecule has 0 spiro atoms. The van der Waals surface area contributed by atoms with Crippen molar-refractivity contribution in [3.05, 3.63) is 40.3 Å². The molecule has 1 saturated heterocycles. The van der Waals surface area contributed by atoms with Gasteiger partial charge in [-0.1, -0.05) is 18.2 Å². The summed E-state index contributed by atoms with van der Waals surface area (Å²) in [6, 6.07) is 7.19. The highest BCUT2D eigenvalue weighted by molar-refractivity contribution is 5.88. The molecule has 7 heteroatoms. The molecule has 1 aromatic heterocycles. The van der Waals surface area contributed by atoms with Gasteiger partial charge >= 0.3 is 0 Å². The number of piperazine rings is 1. The molecule has 1 aliphatic heterocycles. The third-order valence-electron chi connectivity index (χ3n) is 4.34. The monoisotopic (exact) mass is 330 g/mol. The summed E-state index contributed by atoms with van der Waals surface area (Å²) in [6.45, 7) is 5.21. The molecule has 24 heavy (non-hydrogen) atoms. The molecular weight excluding hydrogens is 308 g/mol. The van der Waals surface area contributed by atoms with Crippen molar-refractivity contribution in [1.82, 2.24) is 20.0 Å². The van der Waals surface area contributed by atoms with Crippen LogP contribution in [0.25, 0.3) is 10.8 Å². The van der Waals surface area contributed by atoms with E-state index in [2.05, 4.69) is 15.1 Å². The van der Waals surface area contributed by atoms with Crippen LogP contribution >= 0.6 is 0 Å². The number of β-amino-alcohol motifs (C(OH)–C–C–N with tert-alkyl or cyclic N) is 1. The lowest BCUT2D eigenvalue weighted by Gasteiger charge is -2.35. The number of nitrogens with zero attached hydrogens (tertiary/aromatic N) is 3. The van der Waals surface area contributed by atoms with Gasteiger partial charge < -0.3 is 10.0 Å². The highest BCUT2D eigenvalue weighted by atomic mass is 16.3. The summed E-state index contributed by atoms with van der Waals surface area (Å²) in [7, 11) is 0. The lowest BCUT2D eigenvalue weighted by Crippen LogP contribution is -2.50. The van der Waals surface area contributed by atoms with Crippen molar-refractivity contribution in [2.75, 3.05) is 32.7 Å². The Labute approximate surface area is 139 Å². The fourth-order valence-corrected chi connectivity index (χ4v) is 3.11. The number of hydrogen-bond donors (Lipinski definition) is 2. The maximum Gasteiger partial charge on any atom is 0.272 e. The van der Waals surface area contributed by atoms with E-state index in [1.807, 2.05) is 17.0 Å². The van der Waals surface area contributed by atoms with Crippen molar-refractivity contribution in [3.8, 4) is 0 Å². The van der Waals surface area contributed by atoms with Gasteiger partial charge in [-0.25, -0.2) is 5.10 Å². The molecule has 1 amide bonds. The molecule has 0 aliphatic carbocycles. The molecule has 128 valence electrons. The van der Waals surface area contributed by atoms with Crippen molar-refractivity contribution >= 4 is 16.7 Å². The summed E-state index contributed by atoms with van der Waals surface area (Å²) in [4.78, 5) is 28.3. The van der Waals surface area contributed by atoms with Gasteiger partial charge in [-0.05, 0) is 13.0 Å². The molecule has 0 saturated carbocycles. The Bertz CT molecular complexity index is 779. The molecule has 1 atom stereocenters. The van der Waals surface area contributed by atoms with E-state index >= 15 is 0 Å². The standard InChI is InChI=1S/C17H22N4O3/c1-12(22)11-20-6-8-21(9-7-20)16(23)10-15-13-4-2-3-5-14(13)17(24)19-18-15/h2-5,12,22H,6-11H2,1H3,(H,19,24)/t12-/m0/s1. The molecule has 1 aromatic carbocycles. The number of hydrogen-bond acceptors (Lipinski definition) is 5. The number of amides is 1. The van der Waals surface area contributed by atoms with Crippen molar-refractivity contribution in [2.24, 2.45) is 0 Å². The maximum absolute atomic E-state index is 12.6. The Morgan fingerprint density at radius 1 is 1.25 bits per heavy atom. The summed E-state index contributed by atoms with van der Waals surface area (Å²) in [5, 5.41) is 17.2. The van der Waals surface area contributed by atoms with Crippen molar-refractivity contribution < 1.29 is 9.90 Å². The number of aromatic nitrogens is 2. The number of rotatable bonds is 4. The van der Waals surface area contributed by atoms with Crippen LogP contribution in [-0.2, 0) is 11.2 Å². The van der Waals surface area contributed by atoms with E-state index in [0.29, 0.717) is 30.7 Å². The molecular formula is C17H22N4O3. The third kappa shape index (κ3) is 3.63. The van der Waals surface area contributed by atoms with Crippen LogP contribution in [-0.4, -0.2) is 69.8 Å². The van der Waals surface area contributed by atoms with Gasteiger partial charge in [0, 0.05) is 38.1 Å². The van der Waals surface area contributed by atoms with Gasteiger partial charge in [0.05, 0.1) is 23.6 Å². The highest BCUT2D eigenvalue weighted by Crippen LogP contribution is 2.14. The second-order valence-electron chi connectivity index (χ2n) is 6.25. The van der Waals surface area contributed by atoms with Crippen LogP contribution in [0.5, 0.6) is 0 Å². The van der Waals surface area contributed by atoms with E-state index < -0.39 is 0 Å². The van der Waals surface area contributed by atoms with Gasteiger partial charge in [0.15, 0.2) is 0 Å². The Balaban J connectivity index is 1.68. The number of aliphatic hydroxyl groups excluding tert-OH is 1. The quantitative estimate of drug-likeness (QED) is 0.823. The average Bonchev–Trinajstić information content (AvgIpc) is 2.58. The first-order chi connectivity index (χ1) is 11.5. The summed E-state index contributed by atoms with van der Waals surface area (Å²) < 4.78 is 0. The van der Waals surface area contributed by atoms with Crippen LogP contribution in [0.15, 0.2) is 29.1 Å². The van der Waals surface area contributed by atoms with Gasteiger partial charge in [-0.3, -0.25) is 14.5 Å². The SMILES string of the molecule is C[C@H](O)CN1CCN(C(=O)Cc2n[nH]c(=O)c3ccccc23)CC1. The maximum atomic E-state index is 12.6. The Morgan fingerprint density at radius 2 is 1.92 bits per heavy atom. The van der Waals surface area contributed by atoms with Crippen LogP contribution in [0.1, 0.15) is 12.6 Å². The number of fused-ring (bicyclic) bond motifs is 1. The van der Waals surface area contributed by atoms with Crippen LogP contribution < -0.4 is 5.56 Å². The minimum Gasteiger partial charge on any atom is -0.392 e. The molecule has 0 bridgehead atoms. The molecule has 0 unspecified atom stereocenters. The normalized spacial score (nSPS) is 17.2. The molecule has 0 radical (unpaired) electrons. The van der Waals surface area contributed by atoms with Crippen LogP contribution in [0.2, 0.25) is 0 Å². The number of carbonyl (C=O) groups is 1. The lowest BCUT2D eigenvalue weighted by atomic mass is 10.1. The molecule has 2 N–H and O–H groups in total. The first-order valence-electron chi connectivity index (χ1n) is 8.19. The van der Waals surface area contributed by atoms with E-state index in [1.54, 1.807) is 19.1 Å². The first-order valence-corrected chi connectivity index (χ1v) is 8.19. The molecule has 2 aromatic rings. The Hall–Kier alpha value is -2.25. The van der Waals surface area contributed by atoms with E-state index in [9.17, 15) is 14.7 Å². The zero-order valence-electron chi connectivity index (χ0n) is 13.7. The smallest absolute Gasteiger partial charge is 0.272 e. The summed E-state index contributed by atoms with van der Waals surface area (Å²) in [5.41, 5.74) is 0.357. The summed E-state index contributed by atoms with van der Waals surface area (Å²) in [6.07, 6.45) is -0.183. The van der Waals surface area contributed by atoms with Crippen molar-refractivity contribution in [1.29, 1.82) is 0 Å². The highest BCUT2D eigenvalue weighted by Gasteiger charge is 2.22. The van der Waals surface area contributed by atoms with Gasteiger partial charge in [0.2, 0.25) is 5.91 Å². The van der Waals surface area contributed by atoms with Crippen LogP contribution in [0.3, 0.4) is 0 Å². The Morgan fingerprint density at radius 3 is 2.58 bits per heavy atom. The summed E-state index contributed by atoms with van der Waals surface area (Å²) >= 11 is 0. The van der Waals surface area contributed by atoms with Crippen molar-refractivity contribution in [2.45, 2.75) is 19.4 Å². The van der Waals surface area contributed by atoms with Gasteiger partial charge in [0.25, 0.3) is 5.56 Å². The number of benzene rings is 1. The lowest BCUT2D eigenvalue weighted by molar-refractivity contribution is -0.132. The van der Waals surface area contributed by atoms with E-state index in [0.717, 1.165) is 18.5 Å². The van der Waals surface area contributed by atoms with E-state index in [4.69, 9.17) is 0 Å². The first kappa shape index (κ1) is 16.6. The van der Waals surface area contributed by atoms with Crippen LogP contribution in [0, 0.1) is 0 Å². The summed E-state index contributed by atoms with van der Waals surface area (Å²) in [5.74, 6) is 0.0106. The predicted molar refractivity (Wildman–Crippen MR) is 90.8 cm³/mol. The molecule has 7 nitrogen and oxygen atoms in total. The second kappa shape index (κ2) is 7.11. The molecule has 3 rings (SSSR count). The Kier molecular flexibility index (Phi) is 4.92. The minimum absolute atomic E-state index is 0.0106. The largest absolute Gasteiger partial charge is 0.392 e. The third-order valence-corrected chi connectivity index (χ3v) is 4.34. The topological polar surface area (TPSA) is 89.5 Å². The molecule has 1 aliphatic rings. The van der Waals surface area contributed by atoms with Gasteiger partial charge in [-0.2, -0.15) is 5.10 Å². The fourth-order valence-electron chi connectivity index (χ4n) is 3.11. The molecule has 2 heterocycles. The zero-order chi connectivity index (χ0) is 17.1. The average molecular weight is 330 g/mol. The number of aromatic amines is 1. The molecule has 1 fully saturated rings. The fraction of sp³-hybridized carbons (Fsp3) is 0.471. The van der Waals surface area contributed by atoms with Crippen LogP contribution in [0.4, 0.5) is 0 Å². The van der Waals surface area contributed by atoms with Crippen molar-refractivity contribution in [3.63, 3.8) is 0 Å². The predicted octanol–water partition coefficient (Wildman–Crippen LogP) is -0.00940.